The molecule has 2 atom stereocenters. The molecule has 0 aliphatic heterocycles. The molecule has 188 valence electrons. The lowest BCUT2D eigenvalue weighted by Crippen LogP contribution is -2.39. The number of amides is 1. The van der Waals surface area contributed by atoms with Crippen molar-refractivity contribution in [2.45, 2.75) is 32.4 Å². The average molecular weight is 495 g/mol. The molecular weight excluding hydrogens is 464 g/mol. The van der Waals surface area contributed by atoms with Crippen LogP contribution in [0.5, 0.6) is 0 Å². The Morgan fingerprint density at radius 2 is 1.43 bits per heavy atom. The van der Waals surface area contributed by atoms with Gasteiger partial charge < -0.3 is 15.0 Å². The number of hydrogen-bond donors (Lipinski definition) is 2. The first-order valence-electron chi connectivity index (χ1n) is 12.3. The van der Waals surface area contributed by atoms with Crippen LogP contribution >= 0.6 is 0 Å². The largest absolute Gasteiger partial charge is 0.481 e. The average Bonchev–Trinajstić information content (AvgIpc) is 2.91. The Labute approximate surface area is 216 Å². The van der Waals surface area contributed by atoms with Gasteiger partial charge in [0.15, 0.2) is 0 Å². The highest BCUT2D eigenvalue weighted by Gasteiger charge is 2.21. The normalized spacial score (nSPS) is 12.5. The number of carbonyl (C=O) groups excluding carboxylic acids is 1. The maximum absolute atomic E-state index is 13.2. The van der Waals surface area contributed by atoms with Crippen molar-refractivity contribution in [3.8, 4) is 11.1 Å². The van der Waals surface area contributed by atoms with Gasteiger partial charge >= 0.3 is 5.97 Å². The van der Waals surface area contributed by atoms with Gasteiger partial charge in [-0.2, -0.15) is 0 Å². The van der Waals surface area contributed by atoms with Crippen LogP contribution in [0.15, 0.2) is 108 Å². The molecule has 1 aromatic heterocycles. The molecule has 1 heterocycles. The van der Waals surface area contributed by atoms with E-state index in [0.717, 1.165) is 22.3 Å². The van der Waals surface area contributed by atoms with E-state index in [2.05, 4.69) is 5.32 Å². The molecule has 0 saturated carbocycles. The van der Waals surface area contributed by atoms with Crippen molar-refractivity contribution in [1.29, 1.82) is 0 Å². The van der Waals surface area contributed by atoms with Gasteiger partial charge in [0.05, 0.1) is 18.0 Å². The number of carboxylic acids is 1. The predicted molar refractivity (Wildman–Crippen MR) is 144 cm³/mol. The van der Waals surface area contributed by atoms with Crippen molar-refractivity contribution < 1.29 is 14.7 Å². The lowest BCUT2D eigenvalue weighted by molar-refractivity contribution is -0.141. The summed E-state index contributed by atoms with van der Waals surface area (Å²) in [6, 6.07) is 30.2. The Hall–Kier alpha value is -4.45. The zero-order chi connectivity index (χ0) is 26.2. The molecule has 6 heteroatoms. The van der Waals surface area contributed by atoms with Crippen LogP contribution in [0.25, 0.3) is 11.1 Å². The first kappa shape index (κ1) is 25.6. The standard InChI is InChI=1S/C31H30N2O4/c1-22(31(36)37)18-28(19-23-12-14-26(15-13-23)25-10-6-3-7-11-25)32-30(35)27-16-17-29(34)33(21-27)20-24-8-4-2-5-9-24/h2-17,21-22,28H,18-20H2,1H3,(H,32,35)(H,36,37)/t22-,28?/m1/s1. The molecule has 1 unspecified atom stereocenters. The molecule has 3 aromatic carbocycles. The van der Waals surface area contributed by atoms with Crippen molar-refractivity contribution >= 4 is 11.9 Å². The van der Waals surface area contributed by atoms with Gasteiger partial charge in [-0.1, -0.05) is 91.9 Å². The molecule has 2 N–H and O–H groups in total. The van der Waals surface area contributed by atoms with Gasteiger partial charge in [0.25, 0.3) is 11.5 Å². The third-order valence-electron chi connectivity index (χ3n) is 6.38. The fourth-order valence-corrected chi connectivity index (χ4v) is 4.31. The van der Waals surface area contributed by atoms with E-state index in [1.807, 2.05) is 84.9 Å². The Kier molecular flexibility index (Phi) is 8.31. The third-order valence-corrected chi connectivity index (χ3v) is 6.38. The molecule has 0 aliphatic rings. The van der Waals surface area contributed by atoms with E-state index in [1.165, 1.54) is 16.7 Å². The first-order valence-corrected chi connectivity index (χ1v) is 12.3. The van der Waals surface area contributed by atoms with E-state index in [4.69, 9.17) is 0 Å². The van der Waals surface area contributed by atoms with Crippen LogP contribution in [-0.2, 0) is 17.8 Å². The van der Waals surface area contributed by atoms with Gasteiger partial charge in [-0.15, -0.1) is 0 Å². The molecule has 37 heavy (non-hydrogen) atoms. The molecule has 6 nitrogen and oxygen atoms in total. The minimum Gasteiger partial charge on any atom is -0.481 e. The number of benzene rings is 3. The molecule has 4 rings (SSSR count). The fourth-order valence-electron chi connectivity index (χ4n) is 4.31. The summed E-state index contributed by atoms with van der Waals surface area (Å²) in [6.45, 7) is 1.99. The SMILES string of the molecule is C[C@H](CC(Cc1ccc(-c2ccccc2)cc1)NC(=O)c1ccc(=O)n(Cc2ccccc2)c1)C(=O)O. The van der Waals surface area contributed by atoms with Gasteiger partial charge in [0, 0.05) is 18.3 Å². The van der Waals surface area contributed by atoms with Crippen molar-refractivity contribution in [3.05, 3.63) is 130 Å². The Bertz CT molecular complexity index is 1400. The maximum Gasteiger partial charge on any atom is 0.306 e. The van der Waals surface area contributed by atoms with E-state index in [-0.39, 0.29) is 17.9 Å². The molecule has 4 aromatic rings. The summed E-state index contributed by atoms with van der Waals surface area (Å²) in [6.07, 6.45) is 2.32. The Morgan fingerprint density at radius 1 is 0.811 bits per heavy atom. The zero-order valence-corrected chi connectivity index (χ0v) is 20.7. The number of hydrogen-bond acceptors (Lipinski definition) is 3. The monoisotopic (exact) mass is 494 g/mol. The smallest absolute Gasteiger partial charge is 0.306 e. The number of nitrogens with zero attached hydrogens (tertiary/aromatic N) is 1. The number of carboxylic acid groups (broad SMARTS) is 1. The summed E-state index contributed by atoms with van der Waals surface area (Å²) in [4.78, 5) is 37.1. The number of carbonyl (C=O) groups is 2. The third kappa shape index (κ3) is 7.04. The second kappa shape index (κ2) is 12.0. The van der Waals surface area contributed by atoms with E-state index in [0.29, 0.717) is 18.5 Å². The molecule has 0 aliphatic carbocycles. The summed E-state index contributed by atoms with van der Waals surface area (Å²) in [5.74, 6) is -1.87. The Morgan fingerprint density at radius 3 is 2.08 bits per heavy atom. The summed E-state index contributed by atoms with van der Waals surface area (Å²) >= 11 is 0. The topological polar surface area (TPSA) is 88.4 Å². The van der Waals surface area contributed by atoms with E-state index >= 15 is 0 Å². The van der Waals surface area contributed by atoms with Gasteiger partial charge in [-0.25, -0.2) is 0 Å². The summed E-state index contributed by atoms with van der Waals surface area (Å²) in [5, 5.41) is 12.5. The summed E-state index contributed by atoms with van der Waals surface area (Å²) in [5.41, 5.74) is 4.30. The molecule has 0 fully saturated rings. The Balaban J connectivity index is 1.51. The number of pyridine rings is 1. The second-order valence-corrected chi connectivity index (χ2v) is 9.28. The summed E-state index contributed by atoms with van der Waals surface area (Å²) in [7, 11) is 0. The molecular formula is C31H30N2O4. The minimum atomic E-state index is -0.907. The highest BCUT2D eigenvalue weighted by atomic mass is 16.4. The van der Waals surface area contributed by atoms with Crippen LogP contribution in [0.1, 0.15) is 34.8 Å². The van der Waals surface area contributed by atoms with E-state index < -0.39 is 17.9 Å². The molecule has 0 bridgehead atoms. The van der Waals surface area contributed by atoms with Gasteiger partial charge in [-0.05, 0) is 41.2 Å². The highest BCUT2D eigenvalue weighted by Crippen LogP contribution is 2.21. The molecule has 0 radical (unpaired) electrons. The van der Waals surface area contributed by atoms with Crippen LogP contribution in [-0.4, -0.2) is 27.6 Å². The first-order chi connectivity index (χ1) is 17.9. The van der Waals surface area contributed by atoms with Crippen LogP contribution in [0, 0.1) is 5.92 Å². The van der Waals surface area contributed by atoms with Crippen LogP contribution in [0.2, 0.25) is 0 Å². The van der Waals surface area contributed by atoms with Gasteiger partial charge in [0.2, 0.25) is 0 Å². The maximum atomic E-state index is 13.2. The molecule has 0 spiro atoms. The predicted octanol–water partition coefficient (Wildman–Crippen LogP) is 5.02. The van der Waals surface area contributed by atoms with Crippen molar-refractivity contribution in [2.75, 3.05) is 0 Å². The number of rotatable bonds is 10. The zero-order valence-electron chi connectivity index (χ0n) is 20.7. The lowest BCUT2D eigenvalue weighted by Gasteiger charge is -2.21. The van der Waals surface area contributed by atoms with Crippen LogP contribution < -0.4 is 10.9 Å². The van der Waals surface area contributed by atoms with Crippen molar-refractivity contribution in [2.24, 2.45) is 5.92 Å². The van der Waals surface area contributed by atoms with E-state index in [1.54, 1.807) is 13.1 Å². The van der Waals surface area contributed by atoms with Crippen molar-refractivity contribution in [3.63, 3.8) is 0 Å². The quantitative estimate of drug-likeness (QED) is 0.324. The number of nitrogens with one attached hydrogen (secondary N) is 1. The highest BCUT2D eigenvalue weighted by molar-refractivity contribution is 5.94. The lowest BCUT2D eigenvalue weighted by atomic mass is 9.94. The van der Waals surface area contributed by atoms with Crippen LogP contribution in [0.3, 0.4) is 0 Å². The summed E-state index contributed by atoms with van der Waals surface area (Å²) < 4.78 is 1.50. The minimum absolute atomic E-state index is 0.199. The second-order valence-electron chi connectivity index (χ2n) is 9.28. The number of aliphatic carboxylic acids is 1. The van der Waals surface area contributed by atoms with Gasteiger partial charge in [0.1, 0.15) is 0 Å². The van der Waals surface area contributed by atoms with E-state index in [9.17, 15) is 19.5 Å². The van der Waals surface area contributed by atoms with Crippen LogP contribution in [0.4, 0.5) is 0 Å². The number of aromatic nitrogens is 1. The fraction of sp³-hybridized carbons (Fsp3) is 0.194. The van der Waals surface area contributed by atoms with Crippen molar-refractivity contribution in [1.82, 2.24) is 9.88 Å². The molecule has 0 saturated heterocycles. The molecule has 1 amide bonds. The van der Waals surface area contributed by atoms with Gasteiger partial charge in [-0.3, -0.25) is 14.4 Å².